The van der Waals surface area contributed by atoms with Gasteiger partial charge in [-0.05, 0) is 30.2 Å². The van der Waals surface area contributed by atoms with Crippen LogP contribution in [0.5, 0.6) is 0 Å². The largest absolute Gasteiger partial charge is 0.370 e. The van der Waals surface area contributed by atoms with Crippen LogP contribution in [0.25, 0.3) is 0 Å². The number of hydrogen-bond donors (Lipinski definition) is 0. The molecule has 1 aromatic heterocycles. The van der Waals surface area contributed by atoms with Crippen LogP contribution in [0.15, 0.2) is 48.8 Å². The SMILES string of the molecule is Cc1ccccc1C1CN(C(=O)c2cccnc2)CCO1. The van der Waals surface area contributed by atoms with Gasteiger partial charge < -0.3 is 9.64 Å². The van der Waals surface area contributed by atoms with Crippen LogP contribution in [0.3, 0.4) is 0 Å². The summed E-state index contributed by atoms with van der Waals surface area (Å²) in [5.74, 6) is 0.0185. The van der Waals surface area contributed by atoms with Gasteiger partial charge in [-0.1, -0.05) is 24.3 Å². The average Bonchev–Trinajstić information content (AvgIpc) is 2.55. The molecule has 1 aliphatic rings. The van der Waals surface area contributed by atoms with E-state index in [9.17, 15) is 4.79 Å². The highest BCUT2D eigenvalue weighted by atomic mass is 16.5. The summed E-state index contributed by atoms with van der Waals surface area (Å²) in [6, 6.07) is 11.7. The van der Waals surface area contributed by atoms with Crippen LogP contribution in [0.4, 0.5) is 0 Å². The Kier molecular flexibility index (Phi) is 3.97. The smallest absolute Gasteiger partial charge is 0.255 e. The fourth-order valence-electron chi connectivity index (χ4n) is 2.64. The first-order valence-corrected chi connectivity index (χ1v) is 7.12. The molecule has 4 heteroatoms. The number of morpholine rings is 1. The minimum Gasteiger partial charge on any atom is -0.370 e. The van der Waals surface area contributed by atoms with E-state index >= 15 is 0 Å². The summed E-state index contributed by atoms with van der Waals surface area (Å²) in [6.45, 7) is 3.83. The number of aromatic nitrogens is 1. The zero-order valence-electron chi connectivity index (χ0n) is 12.0. The molecule has 21 heavy (non-hydrogen) atoms. The van der Waals surface area contributed by atoms with Gasteiger partial charge in [0, 0.05) is 18.9 Å². The molecule has 0 spiro atoms. The van der Waals surface area contributed by atoms with E-state index in [0.717, 1.165) is 5.56 Å². The molecule has 0 N–H and O–H groups in total. The summed E-state index contributed by atoms with van der Waals surface area (Å²) in [7, 11) is 0. The van der Waals surface area contributed by atoms with Crippen LogP contribution in [0, 0.1) is 6.92 Å². The molecule has 1 saturated heterocycles. The van der Waals surface area contributed by atoms with E-state index < -0.39 is 0 Å². The van der Waals surface area contributed by atoms with Crippen molar-refractivity contribution in [1.82, 2.24) is 9.88 Å². The first kappa shape index (κ1) is 13.8. The number of benzene rings is 1. The maximum absolute atomic E-state index is 12.5. The van der Waals surface area contributed by atoms with E-state index in [1.807, 2.05) is 17.0 Å². The van der Waals surface area contributed by atoms with Crippen LogP contribution in [0.1, 0.15) is 27.6 Å². The van der Waals surface area contributed by atoms with Gasteiger partial charge in [-0.15, -0.1) is 0 Å². The molecular formula is C17H18N2O2. The van der Waals surface area contributed by atoms with Crippen molar-refractivity contribution in [3.8, 4) is 0 Å². The summed E-state index contributed by atoms with van der Waals surface area (Å²) in [6.07, 6.45) is 3.23. The fourth-order valence-corrected chi connectivity index (χ4v) is 2.64. The van der Waals surface area contributed by atoms with Crippen molar-refractivity contribution in [1.29, 1.82) is 0 Å². The van der Waals surface area contributed by atoms with Crippen LogP contribution in [-0.2, 0) is 4.74 Å². The van der Waals surface area contributed by atoms with Gasteiger partial charge in [-0.25, -0.2) is 0 Å². The minimum absolute atomic E-state index is 0.0185. The Morgan fingerprint density at radius 1 is 1.29 bits per heavy atom. The summed E-state index contributed by atoms with van der Waals surface area (Å²) in [5, 5.41) is 0. The highest BCUT2D eigenvalue weighted by Gasteiger charge is 2.26. The molecule has 1 fully saturated rings. The Morgan fingerprint density at radius 2 is 2.14 bits per heavy atom. The zero-order chi connectivity index (χ0) is 14.7. The average molecular weight is 282 g/mol. The van der Waals surface area contributed by atoms with Gasteiger partial charge in [0.2, 0.25) is 0 Å². The molecule has 0 bridgehead atoms. The molecule has 2 aromatic rings. The van der Waals surface area contributed by atoms with Gasteiger partial charge in [0.1, 0.15) is 6.10 Å². The molecule has 1 atom stereocenters. The van der Waals surface area contributed by atoms with Crippen molar-refractivity contribution in [3.05, 3.63) is 65.5 Å². The molecule has 1 aromatic carbocycles. The molecule has 1 aliphatic heterocycles. The van der Waals surface area contributed by atoms with Gasteiger partial charge in [0.15, 0.2) is 0 Å². The van der Waals surface area contributed by atoms with Crippen LogP contribution < -0.4 is 0 Å². The third-order valence-electron chi connectivity index (χ3n) is 3.80. The second kappa shape index (κ2) is 6.06. The minimum atomic E-state index is -0.0550. The normalized spacial score (nSPS) is 18.5. The number of carbonyl (C=O) groups excluding carboxylic acids is 1. The van der Waals surface area contributed by atoms with Crippen molar-refractivity contribution in [2.75, 3.05) is 19.7 Å². The Labute approximate surface area is 124 Å². The molecule has 0 aliphatic carbocycles. The van der Waals surface area contributed by atoms with E-state index in [1.54, 1.807) is 24.5 Å². The summed E-state index contributed by atoms with van der Waals surface area (Å²) < 4.78 is 5.85. The highest BCUT2D eigenvalue weighted by molar-refractivity contribution is 5.93. The van der Waals surface area contributed by atoms with Gasteiger partial charge in [-0.3, -0.25) is 9.78 Å². The molecule has 4 nitrogen and oxygen atoms in total. The Morgan fingerprint density at radius 3 is 2.90 bits per heavy atom. The molecule has 2 heterocycles. The number of hydrogen-bond acceptors (Lipinski definition) is 3. The third kappa shape index (κ3) is 2.95. The van der Waals surface area contributed by atoms with Crippen LogP contribution >= 0.6 is 0 Å². The van der Waals surface area contributed by atoms with Crippen molar-refractivity contribution < 1.29 is 9.53 Å². The predicted molar refractivity (Wildman–Crippen MR) is 80.0 cm³/mol. The second-order valence-electron chi connectivity index (χ2n) is 5.21. The van der Waals surface area contributed by atoms with Crippen LogP contribution in [-0.4, -0.2) is 35.5 Å². The lowest BCUT2D eigenvalue weighted by Crippen LogP contribution is -2.42. The van der Waals surface area contributed by atoms with Gasteiger partial charge in [0.25, 0.3) is 5.91 Å². The lowest BCUT2D eigenvalue weighted by atomic mass is 10.0. The Hall–Kier alpha value is -2.20. The number of aryl methyl sites for hydroxylation is 1. The van der Waals surface area contributed by atoms with Gasteiger partial charge in [-0.2, -0.15) is 0 Å². The van der Waals surface area contributed by atoms with Crippen molar-refractivity contribution >= 4 is 5.91 Å². The molecule has 0 saturated carbocycles. The number of pyridine rings is 1. The zero-order valence-corrected chi connectivity index (χ0v) is 12.0. The lowest BCUT2D eigenvalue weighted by molar-refractivity contribution is -0.0231. The lowest BCUT2D eigenvalue weighted by Gasteiger charge is -2.33. The van der Waals surface area contributed by atoms with E-state index in [2.05, 4.69) is 24.0 Å². The van der Waals surface area contributed by atoms with Crippen molar-refractivity contribution in [2.24, 2.45) is 0 Å². The summed E-state index contributed by atoms with van der Waals surface area (Å²) in [4.78, 5) is 18.3. The monoisotopic (exact) mass is 282 g/mol. The third-order valence-corrected chi connectivity index (χ3v) is 3.80. The molecule has 0 radical (unpaired) electrons. The van der Waals surface area contributed by atoms with E-state index in [0.29, 0.717) is 25.3 Å². The van der Waals surface area contributed by atoms with Crippen molar-refractivity contribution in [3.63, 3.8) is 0 Å². The highest BCUT2D eigenvalue weighted by Crippen LogP contribution is 2.25. The summed E-state index contributed by atoms with van der Waals surface area (Å²) in [5.41, 5.74) is 2.97. The maximum atomic E-state index is 12.5. The van der Waals surface area contributed by atoms with E-state index in [-0.39, 0.29) is 12.0 Å². The topological polar surface area (TPSA) is 42.4 Å². The van der Waals surface area contributed by atoms with E-state index in [1.165, 1.54) is 5.56 Å². The molecule has 1 amide bonds. The van der Waals surface area contributed by atoms with Gasteiger partial charge >= 0.3 is 0 Å². The van der Waals surface area contributed by atoms with Gasteiger partial charge in [0.05, 0.1) is 18.7 Å². The quantitative estimate of drug-likeness (QED) is 0.850. The second-order valence-corrected chi connectivity index (χ2v) is 5.21. The number of ether oxygens (including phenoxy) is 1. The number of carbonyl (C=O) groups is 1. The molecular weight excluding hydrogens is 264 g/mol. The van der Waals surface area contributed by atoms with Crippen molar-refractivity contribution in [2.45, 2.75) is 13.0 Å². The Bertz CT molecular complexity index is 628. The predicted octanol–water partition coefficient (Wildman–Crippen LogP) is 2.60. The Balaban J connectivity index is 1.77. The summed E-state index contributed by atoms with van der Waals surface area (Å²) >= 11 is 0. The van der Waals surface area contributed by atoms with Crippen LogP contribution in [0.2, 0.25) is 0 Å². The molecule has 3 rings (SSSR count). The first-order valence-electron chi connectivity index (χ1n) is 7.12. The fraction of sp³-hybridized carbons (Fsp3) is 0.294. The number of amides is 1. The number of rotatable bonds is 2. The molecule has 108 valence electrons. The number of nitrogens with zero attached hydrogens (tertiary/aromatic N) is 2. The van der Waals surface area contributed by atoms with E-state index in [4.69, 9.17) is 4.74 Å². The maximum Gasteiger partial charge on any atom is 0.255 e. The molecule has 1 unspecified atom stereocenters. The standard InChI is InChI=1S/C17H18N2O2/c1-13-5-2-3-7-15(13)16-12-19(9-10-21-16)17(20)14-6-4-8-18-11-14/h2-8,11,16H,9-10,12H2,1H3. The first-order chi connectivity index (χ1) is 10.3.